The van der Waals surface area contributed by atoms with Crippen molar-refractivity contribution in [3.05, 3.63) is 29.8 Å². The van der Waals surface area contributed by atoms with Gasteiger partial charge in [-0.15, -0.1) is 0 Å². The molecule has 0 spiro atoms. The molecular formula is C16H20N4O6S. The molecular weight excluding hydrogens is 376 g/mol. The van der Waals surface area contributed by atoms with Crippen molar-refractivity contribution >= 4 is 27.4 Å². The number of aliphatic hydroxyl groups excluding tert-OH is 1. The third-order valence-electron chi connectivity index (χ3n) is 3.47. The molecule has 1 amide bonds. The van der Waals surface area contributed by atoms with E-state index in [1.165, 1.54) is 38.5 Å². The maximum Gasteiger partial charge on any atom is 0.321 e. The molecule has 1 aromatic carbocycles. The molecule has 0 radical (unpaired) electrons. The van der Waals surface area contributed by atoms with Gasteiger partial charge in [0.1, 0.15) is 0 Å². The van der Waals surface area contributed by atoms with E-state index in [1.54, 1.807) is 6.92 Å². The Hall–Kier alpha value is -2.92. The van der Waals surface area contributed by atoms with E-state index in [2.05, 4.69) is 20.0 Å². The number of nitrogens with one attached hydrogen (secondary N) is 2. The molecule has 0 saturated heterocycles. The van der Waals surface area contributed by atoms with Crippen molar-refractivity contribution in [2.45, 2.75) is 24.8 Å². The first kappa shape index (κ1) is 20.4. The van der Waals surface area contributed by atoms with Crippen LogP contribution in [0, 0.1) is 0 Å². The number of ether oxygens (including phenoxy) is 2. The average molecular weight is 396 g/mol. The van der Waals surface area contributed by atoms with E-state index in [0.29, 0.717) is 5.56 Å². The van der Waals surface area contributed by atoms with Crippen LogP contribution in [-0.4, -0.2) is 43.6 Å². The SMILES string of the molecule is CCC(=O)Nc1cc(S(=O)(=O)Nc2cc(OC)nc(OC)n2)ccc1CO. The van der Waals surface area contributed by atoms with Crippen LogP contribution in [0.1, 0.15) is 18.9 Å². The van der Waals surface area contributed by atoms with Gasteiger partial charge in [0.2, 0.25) is 11.8 Å². The number of methoxy groups -OCH3 is 2. The van der Waals surface area contributed by atoms with E-state index < -0.39 is 10.0 Å². The number of carbonyl (C=O) groups excluding carboxylic acids is 1. The molecule has 3 N–H and O–H groups in total. The van der Waals surface area contributed by atoms with Crippen molar-refractivity contribution in [2.24, 2.45) is 0 Å². The second-order valence-corrected chi connectivity index (χ2v) is 6.95. The summed E-state index contributed by atoms with van der Waals surface area (Å²) in [6.07, 6.45) is 0.209. The van der Waals surface area contributed by atoms with Gasteiger partial charge in [0.25, 0.3) is 10.0 Å². The van der Waals surface area contributed by atoms with Gasteiger partial charge >= 0.3 is 6.01 Å². The maximum atomic E-state index is 12.7. The molecule has 0 bridgehead atoms. The summed E-state index contributed by atoms with van der Waals surface area (Å²) in [6.45, 7) is 1.30. The summed E-state index contributed by atoms with van der Waals surface area (Å²) in [5.41, 5.74) is 0.603. The number of sulfonamides is 1. The maximum absolute atomic E-state index is 12.7. The Labute approximate surface area is 156 Å². The third-order valence-corrected chi connectivity index (χ3v) is 4.82. The van der Waals surface area contributed by atoms with E-state index >= 15 is 0 Å². The highest BCUT2D eigenvalue weighted by molar-refractivity contribution is 7.92. The molecule has 0 aliphatic heterocycles. The quantitative estimate of drug-likeness (QED) is 0.603. The zero-order valence-corrected chi connectivity index (χ0v) is 15.8. The number of amides is 1. The first-order valence-corrected chi connectivity index (χ1v) is 9.34. The molecule has 1 heterocycles. The number of nitrogens with zero attached hydrogens (tertiary/aromatic N) is 2. The molecule has 27 heavy (non-hydrogen) atoms. The van der Waals surface area contributed by atoms with Gasteiger partial charge in [-0.3, -0.25) is 9.52 Å². The van der Waals surface area contributed by atoms with Gasteiger partial charge in [0, 0.05) is 23.7 Å². The van der Waals surface area contributed by atoms with Gasteiger partial charge in [-0.1, -0.05) is 13.0 Å². The van der Waals surface area contributed by atoms with Gasteiger partial charge in [-0.25, -0.2) is 8.42 Å². The Kier molecular flexibility index (Phi) is 6.53. The van der Waals surface area contributed by atoms with Crippen molar-refractivity contribution in [1.29, 1.82) is 0 Å². The second kappa shape index (κ2) is 8.64. The summed E-state index contributed by atoms with van der Waals surface area (Å²) in [4.78, 5) is 19.3. The standard InChI is InChI=1S/C16H20N4O6S/c1-4-14(22)17-12-7-11(6-5-10(12)9-21)27(23,24)20-13-8-15(25-2)19-16(18-13)26-3/h5-8,21H,4,9H2,1-3H3,(H,17,22)(H,18,19,20). The molecule has 146 valence electrons. The Morgan fingerprint density at radius 1 is 1.19 bits per heavy atom. The van der Waals surface area contributed by atoms with Crippen molar-refractivity contribution in [1.82, 2.24) is 9.97 Å². The smallest absolute Gasteiger partial charge is 0.321 e. The minimum Gasteiger partial charge on any atom is -0.481 e. The van der Waals surface area contributed by atoms with Crippen LogP contribution in [0.3, 0.4) is 0 Å². The number of rotatable bonds is 8. The summed E-state index contributed by atoms with van der Waals surface area (Å²) in [5, 5.41) is 12.0. The third kappa shape index (κ3) is 5.05. The van der Waals surface area contributed by atoms with Crippen LogP contribution in [-0.2, 0) is 21.4 Å². The van der Waals surface area contributed by atoms with E-state index in [0.717, 1.165) is 0 Å². The molecule has 2 aromatic rings. The second-order valence-electron chi connectivity index (χ2n) is 5.27. The van der Waals surface area contributed by atoms with Crippen LogP contribution < -0.4 is 19.5 Å². The van der Waals surface area contributed by atoms with Crippen LogP contribution >= 0.6 is 0 Å². The fourth-order valence-corrected chi connectivity index (χ4v) is 3.08. The van der Waals surface area contributed by atoms with E-state index in [-0.39, 0.29) is 47.2 Å². The van der Waals surface area contributed by atoms with E-state index in [4.69, 9.17) is 9.47 Å². The molecule has 1 aromatic heterocycles. The summed E-state index contributed by atoms with van der Waals surface area (Å²) < 4.78 is 37.6. The number of hydrogen-bond acceptors (Lipinski definition) is 8. The molecule has 0 atom stereocenters. The lowest BCUT2D eigenvalue weighted by atomic mass is 10.2. The van der Waals surface area contributed by atoms with Crippen LogP contribution in [0.15, 0.2) is 29.2 Å². The molecule has 0 fully saturated rings. The van der Waals surface area contributed by atoms with Crippen LogP contribution in [0.4, 0.5) is 11.5 Å². The fraction of sp³-hybridized carbons (Fsp3) is 0.312. The van der Waals surface area contributed by atoms with Gasteiger partial charge in [-0.05, 0) is 12.1 Å². The number of hydrogen-bond donors (Lipinski definition) is 3. The molecule has 2 rings (SSSR count). The lowest BCUT2D eigenvalue weighted by Gasteiger charge is -2.13. The van der Waals surface area contributed by atoms with Gasteiger partial charge in [0.15, 0.2) is 5.82 Å². The van der Waals surface area contributed by atoms with Crippen molar-refractivity contribution < 1.29 is 27.8 Å². The highest BCUT2D eigenvalue weighted by Gasteiger charge is 2.19. The lowest BCUT2D eigenvalue weighted by Crippen LogP contribution is -2.16. The van der Waals surface area contributed by atoms with Gasteiger partial charge in [0.05, 0.1) is 25.7 Å². The minimum absolute atomic E-state index is 0.0518. The van der Waals surface area contributed by atoms with Crippen LogP contribution in [0.2, 0.25) is 0 Å². The first-order valence-electron chi connectivity index (χ1n) is 7.86. The highest BCUT2D eigenvalue weighted by atomic mass is 32.2. The first-order chi connectivity index (χ1) is 12.8. The summed E-state index contributed by atoms with van der Waals surface area (Å²) in [5.74, 6) is -0.243. The molecule has 10 nitrogen and oxygen atoms in total. The largest absolute Gasteiger partial charge is 0.481 e. The summed E-state index contributed by atoms with van der Waals surface area (Å²) in [7, 11) is -1.33. The normalized spacial score (nSPS) is 11.0. The van der Waals surface area contributed by atoms with Crippen molar-refractivity contribution in [3.8, 4) is 11.9 Å². The molecule has 0 aliphatic rings. The van der Waals surface area contributed by atoms with Crippen molar-refractivity contribution in [3.63, 3.8) is 0 Å². The Balaban J connectivity index is 2.39. The number of benzene rings is 1. The monoisotopic (exact) mass is 396 g/mol. The zero-order valence-electron chi connectivity index (χ0n) is 15.0. The predicted octanol–water partition coefficient (Wildman–Crippen LogP) is 1.14. The number of anilines is 2. The Morgan fingerprint density at radius 3 is 2.52 bits per heavy atom. The van der Waals surface area contributed by atoms with E-state index in [9.17, 15) is 18.3 Å². The summed E-state index contributed by atoms with van der Waals surface area (Å²) in [6, 6.07) is 5.21. The predicted molar refractivity (Wildman–Crippen MR) is 97.2 cm³/mol. The topological polar surface area (TPSA) is 140 Å². The zero-order chi connectivity index (χ0) is 20.0. The molecule has 11 heteroatoms. The molecule has 0 unspecified atom stereocenters. The van der Waals surface area contributed by atoms with Gasteiger partial charge < -0.3 is 19.9 Å². The van der Waals surface area contributed by atoms with Crippen molar-refractivity contribution in [2.75, 3.05) is 24.3 Å². The highest BCUT2D eigenvalue weighted by Crippen LogP contribution is 2.24. The molecule has 0 saturated carbocycles. The average Bonchev–Trinajstić information content (AvgIpc) is 2.66. The number of aromatic nitrogens is 2. The number of aliphatic hydroxyl groups is 1. The lowest BCUT2D eigenvalue weighted by molar-refractivity contribution is -0.115. The number of carbonyl (C=O) groups is 1. The fourth-order valence-electron chi connectivity index (χ4n) is 2.06. The van der Waals surface area contributed by atoms with E-state index in [1.807, 2.05) is 0 Å². The minimum atomic E-state index is -4.04. The van der Waals surface area contributed by atoms with Gasteiger partial charge in [-0.2, -0.15) is 9.97 Å². The summed E-state index contributed by atoms with van der Waals surface area (Å²) >= 11 is 0. The Morgan fingerprint density at radius 2 is 1.93 bits per heavy atom. The molecule has 0 aliphatic carbocycles. The Bertz CT molecular complexity index is 910. The van der Waals surface area contributed by atoms with Crippen LogP contribution in [0.25, 0.3) is 0 Å². The van der Waals surface area contributed by atoms with Crippen LogP contribution in [0.5, 0.6) is 11.9 Å².